The highest BCUT2D eigenvalue weighted by atomic mass is 32.2. The standard InChI is InChI=1S/C17H16N2O4S/c1-4-13-14(19(21)22)9-15(17(20)16(13)18-2)24-10-11-5-7-12(23-3)8-6-11/h4-9,20H,1-2,10H2,3H3. The monoisotopic (exact) mass is 344 g/mol. The molecule has 0 amide bonds. The molecule has 0 unspecified atom stereocenters. The number of ether oxygens (including phenoxy) is 1. The van der Waals surface area contributed by atoms with Gasteiger partial charge in [-0.05, 0) is 24.4 Å². The zero-order valence-electron chi connectivity index (χ0n) is 13.1. The highest BCUT2D eigenvalue weighted by Crippen LogP contribution is 2.45. The first kappa shape index (κ1) is 17.6. The van der Waals surface area contributed by atoms with Gasteiger partial charge in [-0.15, -0.1) is 11.8 Å². The summed E-state index contributed by atoms with van der Waals surface area (Å²) in [7, 11) is 1.59. The van der Waals surface area contributed by atoms with Crippen molar-refractivity contribution < 1.29 is 14.8 Å². The van der Waals surface area contributed by atoms with Gasteiger partial charge in [-0.2, -0.15) is 0 Å². The lowest BCUT2D eigenvalue weighted by Gasteiger charge is -2.10. The number of benzene rings is 2. The number of thioether (sulfide) groups is 1. The molecule has 0 heterocycles. The van der Waals surface area contributed by atoms with Crippen LogP contribution in [0.3, 0.4) is 0 Å². The van der Waals surface area contributed by atoms with Crippen LogP contribution in [0.5, 0.6) is 11.5 Å². The molecular formula is C17H16N2O4S. The number of methoxy groups -OCH3 is 1. The molecular weight excluding hydrogens is 328 g/mol. The lowest BCUT2D eigenvalue weighted by molar-refractivity contribution is -0.385. The van der Waals surface area contributed by atoms with E-state index >= 15 is 0 Å². The normalized spacial score (nSPS) is 10.2. The van der Waals surface area contributed by atoms with Gasteiger partial charge in [0.15, 0.2) is 5.75 Å². The maximum absolute atomic E-state index is 11.2. The van der Waals surface area contributed by atoms with Crippen LogP contribution >= 0.6 is 11.8 Å². The Balaban J connectivity index is 2.35. The van der Waals surface area contributed by atoms with E-state index in [1.165, 1.54) is 23.9 Å². The summed E-state index contributed by atoms with van der Waals surface area (Å²) in [6.45, 7) is 6.92. The first-order chi connectivity index (χ1) is 11.5. The molecule has 0 fully saturated rings. The van der Waals surface area contributed by atoms with Gasteiger partial charge in [0.1, 0.15) is 11.4 Å². The topological polar surface area (TPSA) is 85.0 Å². The van der Waals surface area contributed by atoms with Crippen molar-refractivity contribution in [2.75, 3.05) is 7.11 Å². The highest BCUT2D eigenvalue weighted by molar-refractivity contribution is 7.98. The third-order valence-electron chi connectivity index (χ3n) is 3.37. The van der Waals surface area contributed by atoms with Crippen LogP contribution in [0.1, 0.15) is 11.1 Å². The molecule has 0 saturated heterocycles. The molecule has 6 nitrogen and oxygen atoms in total. The Morgan fingerprint density at radius 1 is 1.42 bits per heavy atom. The Labute approximate surface area is 143 Å². The third-order valence-corrected chi connectivity index (χ3v) is 4.47. The first-order valence-corrected chi connectivity index (χ1v) is 7.89. The quantitative estimate of drug-likeness (QED) is 0.344. The third kappa shape index (κ3) is 3.57. The number of hydrogen-bond donors (Lipinski definition) is 1. The van der Waals surface area contributed by atoms with Crippen LogP contribution < -0.4 is 4.74 Å². The van der Waals surface area contributed by atoms with E-state index < -0.39 is 4.92 Å². The van der Waals surface area contributed by atoms with Crippen LogP contribution in [0.15, 0.2) is 46.8 Å². The van der Waals surface area contributed by atoms with E-state index in [0.717, 1.165) is 11.3 Å². The van der Waals surface area contributed by atoms with Crippen LogP contribution in [0.25, 0.3) is 6.08 Å². The molecule has 0 aliphatic rings. The molecule has 0 radical (unpaired) electrons. The number of rotatable bonds is 7. The zero-order valence-corrected chi connectivity index (χ0v) is 13.9. The van der Waals surface area contributed by atoms with Crippen LogP contribution in [0.2, 0.25) is 0 Å². The Kier molecular flexibility index (Phi) is 5.59. The number of hydrogen-bond acceptors (Lipinski definition) is 6. The average Bonchev–Trinajstić information content (AvgIpc) is 2.60. The number of nitro benzene ring substituents is 1. The van der Waals surface area contributed by atoms with Crippen molar-refractivity contribution in [3.05, 3.63) is 58.2 Å². The van der Waals surface area contributed by atoms with Crippen molar-refractivity contribution in [1.82, 2.24) is 0 Å². The molecule has 0 aliphatic carbocycles. The van der Waals surface area contributed by atoms with Crippen LogP contribution in [-0.4, -0.2) is 23.9 Å². The predicted molar refractivity (Wildman–Crippen MR) is 96.6 cm³/mol. The summed E-state index contributed by atoms with van der Waals surface area (Å²) in [4.78, 5) is 14.8. The van der Waals surface area contributed by atoms with Gasteiger partial charge in [-0.1, -0.05) is 24.8 Å². The van der Waals surface area contributed by atoms with Crippen molar-refractivity contribution in [2.45, 2.75) is 10.6 Å². The van der Waals surface area contributed by atoms with Crippen LogP contribution in [0, 0.1) is 10.1 Å². The van der Waals surface area contributed by atoms with Gasteiger partial charge in [-0.3, -0.25) is 15.1 Å². The minimum absolute atomic E-state index is 0.0661. The van der Waals surface area contributed by atoms with Crippen LogP contribution in [0.4, 0.5) is 11.4 Å². The summed E-state index contributed by atoms with van der Waals surface area (Å²) < 4.78 is 5.10. The van der Waals surface area contributed by atoms with Gasteiger partial charge in [0.2, 0.25) is 0 Å². The van der Waals surface area contributed by atoms with Crippen molar-refractivity contribution in [1.29, 1.82) is 0 Å². The molecule has 1 N–H and O–H groups in total. The number of phenolic OH excluding ortho intramolecular Hbond substituents is 1. The fraction of sp³-hybridized carbons (Fsp3) is 0.118. The molecule has 24 heavy (non-hydrogen) atoms. The van der Waals surface area contributed by atoms with Crippen LogP contribution in [-0.2, 0) is 5.75 Å². The summed E-state index contributed by atoms with van der Waals surface area (Å²) in [6.07, 6.45) is 1.29. The lowest BCUT2D eigenvalue weighted by atomic mass is 10.1. The zero-order chi connectivity index (χ0) is 17.7. The molecule has 0 saturated carbocycles. The second-order valence-corrected chi connectivity index (χ2v) is 5.78. The SMILES string of the molecule is C=Cc1c([N+](=O)[O-])cc(SCc2ccc(OC)cc2)c(O)c1N=C. The molecule has 124 valence electrons. The molecule has 2 rings (SSSR count). The Bertz CT molecular complexity index is 788. The van der Waals surface area contributed by atoms with Gasteiger partial charge in [0.05, 0.1) is 22.5 Å². The van der Waals surface area contributed by atoms with Gasteiger partial charge >= 0.3 is 0 Å². The van der Waals surface area contributed by atoms with E-state index in [4.69, 9.17) is 4.74 Å². The van der Waals surface area contributed by atoms with Gasteiger partial charge in [-0.25, -0.2) is 0 Å². The number of nitro groups is 1. The highest BCUT2D eigenvalue weighted by Gasteiger charge is 2.22. The number of phenols is 1. The Morgan fingerprint density at radius 3 is 2.58 bits per heavy atom. The molecule has 2 aromatic rings. The maximum Gasteiger partial charge on any atom is 0.280 e. The predicted octanol–water partition coefficient (Wildman–Crippen LogP) is 4.58. The molecule has 2 aromatic carbocycles. The number of aliphatic imine (C=N–C) groups is 1. The molecule has 0 atom stereocenters. The Hall–Kier alpha value is -2.80. The molecule has 0 spiro atoms. The summed E-state index contributed by atoms with van der Waals surface area (Å²) in [5, 5.41) is 21.6. The van der Waals surface area contributed by atoms with Gasteiger partial charge in [0.25, 0.3) is 5.69 Å². The molecule has 0 aliphatic heterocycles. The van der Waals surface area contributed by atoms with Crippen molar-refractivity contribution in [3.63, 3.8) is 0 Å². The summed E-state index contributed by atoms with van der Waals surface area (Å²) in [5.41, 5.74) is 1.05. The Morgan fingerprint density at radius 2 is 2.08 bits per heavy atom. The first-order valence-electron chi connectivity index (χ1n) is 6.91. The average molecular weight is 344 g/mol. The second-order valence-electron chi connectivity index (χ2n) is 4.76. The van der Waals surface area contributed by atoms with E-state index in [1.807, 2.05) is 24.3 Å². The smallest absolute Gasteiger partial charge is 0.280 e. The van der Waals surface area contributed by atoms with Crippen molar-refractivity contribution in [3.8, 4) is 11.5 Å². The van der Waals surface area contributed by atoms with Gasteiger partial charge in [0, 0.05) is 11.8 Å². The van der Waals surface area contributed by atoms with E-state index in [-0.39, 0.29) is 22.7 Å². The fourth-order valence-electron chi connectivity index (χ4n) is 2.14. The van der Waals surface area contributed by atoms with E-state index in [2.05, 4.69) is 18.3 Å². The molecule has 0 aromatic heterocycles. The maximum atomic E-state index is 11.2. The summed E-state index contributed by atoms with van der Waals surface area (Å²) >= 11 is 1.28. The number of nitrogens with zero attached hydrogens (tertiary/aromatic N) is 2. The van der Waals surface area contributed by atoms with Crippen molar-refractivity contribution >= 4 is 35.9 Å². The summed E-state index contributed by atoms with van der Waals surface area (Å²) in [6, 6.07) is 8.77. The fourth-order valence-corrected chi connectivity index (χ4v) is 3.08. The largest absolute Gasteiger partial charge is 0.505 e. The van der Waals surface area contributed by atoms with E-state index in [9.17, 15) is 15.2 Å². The second kappa shape index (κ2) is 7.65. The van der Waals surface area contributed by atoms with E-state index in [0.29, 0.717) is 10.6 Å². The minimum atomic E-state index is -0.525. The van der Waals surface area contributed by atoms with Crippen molar-refractivity contribution in [2.24, 2.45) is 4.99 Å². The number of aromatic hydroxyl groups is 1. The van der Waals surface area contributed by atoms with Gasteiger partial charge < -0.3 is 9.84 Å². The summed E-state index contributed by atoms with van der Waals surface area (Å²) in [5.74, 6) is 1.14. The minimum Gasteiger partial charge on any atom is -0.505 e. The molecule has 7 heteroatoms. The lowest BCUT2D eigenvalue weighted by Crippen LogP contribution is -1.94. The van der Waals surface area contributed by atoms with E-state index in [1.54, 1.807) is 7.11 Å². The molecule has 0 bridgehead atoms.